The van der Waals surface area contributed by atoms with Gasteiger partial charge < -0.3 is 5.73 Å². The van der Waals surface area contributed by atoms with Gasteiger partial charge in [-0.1, -0.05) is 0 Å². The van der Waals surface area contributed by atoms with E-state index in [1.807, 2.05) is 0 Å². The van der Waals surface area contributed by atoms with E-state index >= 15 is 0 Å². The Balaban J connectivity index is 2.72. The Morgan fingerprint density at radius 2 is 2.25 bits per heavy atom. The predicted octanol–water partition coefficient (Wildman–Crippen LogP) is 0.461. The molecule has 16 heavy (non-hydrogen) atoms. The number of imidazole rings is 1. The summed E-state index contributed by atoms with van der Waals surface area (Å²) in [5.74, 6) is 0.110. The molecule has 0 unspecified atom stereocenters. The third-order valence-corrected chi connectivity index (χ3v) is 1.99. The first kappa shape index (κ1) is 10.0. The molecule has 2 N–H and O–H groups in total. The summed E-state index contributed by atoms with van der Waals surface area (Å²) in [6.45, 7) is 1.51. The second-order valence-electron chi connectivity index (χ2n) is 3.07. The summed E-state index contributed by atoms with van der Waals surface area (Å²) in [5, 5.41) is 10.9. The van der Waals surface area contributed by atoms with Gasteiger partial charge in [-0.25, -0.2) is 9.97 Å². The molecule has 2 aromatic heterocycles. The van der Waals surface area contributed by atoms with E-state index in [4.69, 9.17) is 5.73 Å². The molecular weight excluding hydrogens is 212 g/mol. The van der Waals surface area contributed by atoms with Crippen molar-refractivity contribution in [2.24, 2.45) is 0 Å². The highest BCUT2D eigenvalue weighted by atomic mass is 16.6. The number of rotatable bonds is 2. The highest BCUT2D eigenvalue weighted by molar-refractivity contribution is 5.52. The first-order valence-corrected chi connectivity index (χ1v) is 4.36. The van der Waals surface area contributed by atoms with Gasteiger partial charge in [0, 0.05) is 12.4 Å². The molecule has 0 aromatic carbocycles. The summed E-state index contributed by atoms with van der Waals surface area (Å²) in [4.78, 5) is 21.8. The summed E-state index contributed by atoms with van der Waals surface area (Å²) >= 11 is 0. The van der Waals surface area contributed by atoms with Crippen LogP contribution in [0.2, 0.25) is 0 Å². The van der Waals surface area contributed by atoms with E-state index in [2.05, 4.69) is 15.0 Å². The van der Waals surface area contributed by atoms with Crippen molar-refractivity contribution < 1.29 is 4.92 Å². The first-order chi connectivity index (χ1) is 7.59. The lowest BCUT2D eigenvalue weighted by molar-refractivity contribution is -0.385. The van der Waals surface area contributed by atoms with Crippen molar-refractivity contribution in [2.75, 3.05) is 5.73 Å². The average Bonchev–Trinajstić information content (AvgIpc) is 2.67. The summed E-state index contributed by atoms with van der Waals surface area (Å²) in [6, 6.07) is 0. The molecule has 0 aliphatic carbocycles. The number of aryl methyl sites for hydroxylation is 1. The number of aromatic nitrogens is 4. The Labute approximate surface area is 89.9 Å². The molecule has 0 aliphatic heterocycles. The molecule has 2 heterocycles. The zero-order valence-corrected chi connectivity index (χ0v) is 8.36. The van der Waals surface area contributed by atoms with E-state index in [1.54, 1.807) is 6.20 Å². The Morgan fingerprint density at radius 1 is 1.50 bits per heavy atom. The van der Waals surface area contributed by atoms with Crippen LogP contribution in [0.5, 0.6) is 0 Å². The Bertz CT molecular complexity index is 536. The summed E-state index contributed by atoms with van der Waals surface area (Å²) in [6.07, 6.45) is 4.46. The third-order valence-electron chi connectivity index (χ3n) is 1.99. The molecule has 8 heteroatoms. The Morgan fingerprint density at radius 3 is 2.81 bits per heavy atom. The molecule has 82 valence electrons. The van der Waals surface area contributed by atoms with Gasteiger partial charge in [0.25, 0.3) is 0 Å². The molecule has 0 radical (unpaired) electrons. The lowest BCUT2D eigenvalue weighted by Gasteiger charge is -2.05. The standard InChI is InChI=1S/C8H8N6O2/c1-5-6(14(15)16)7(12-8(9)11-5)13-3-2-10-4-13/h2-4H,1H3,(H2,9,11,12). The first-order valence-electron chi connectivity index (χ1n) is 4.36. The number of nitrogens with zero attached hydrogens (tertiary/aromatic N) is 5. The number of hydrogen-bond donors (Lipinski definition) is 1. The zero-order valence-electron chi connectivity index (χ0n) is 8.36. The third kappa shape index (κ3) is 1.56. The molecule has 0 fully saturated rings. The lowest BCUT2D eigenvalue weighted by atomic mass is 10.3. The minimum atomic E-state index is -0.538. The van der Waals surface area contributed by atoms with E-state index in [0.717, 1.165) is 0 Å². The lowest BCUT2D eigenvalue weighted by Crippen LogP contribution is -2.08. The van der Waals surface area contributed by atoms with Crippen LogP contribution < -0.4 is 5.73 Å². The maximum absolute atomic E-state index is 10.9. The fourth-order valence-electron chi connectivity index (χ4n) is 1.35. The van der Waals surface area contributed by atoms with Crippen molar-refractivity contribution in [3.05, 3.63) is 34.5 Å². The largest absolute Gasteiger partial charge is 0.368 e. The molecule has 0 saturated heterocycles. The highest BCUT2D eigenvalue weighted by Crippen LogP contribution is 2.24. The van der Waals surface area contributed by atoms with Gasteiger partial charge in [0.05, 0.1) is 4.92 Å². The van der Waals surface area contributed by atoms with Crippen LogP contribution in [0.4, 0.5) is 11.6 Å². The van der Waals surface area contributed by atoms with Crippen molar-refractivity contribution in [1.29, 1.82) is 0 Å². The van der Waals surface area contributed by atoms with E-state index in [9.17, 15) is 10.1 Å². The van der Waals surface area contributed by atoms with Crippen LogP contribution in [-0.4, -0.2) is 24.4 Å². The van der Waals surface area contributed by atoms with E-state index < -0.39 is 4.92 Å². The molecule has 0 atom stereocenters. The predicted molar refractivity (Wildman–Crippen MR) is 55.0 cm³/mol. The number of hydrogen-bond acceptors (Lipinski definition) is 6. The fourth-order valence-corrected chi connectivity index (χ4v) is 1.35. The van der Waals surface area contributed by atoms with Crippen molar-refractivity contribution in [3.63, 3.8) is 0 Å². The monoisotopic (exact) mass is 220 g/mol. The SMILES string of the molecule is Cc1nc(N)nc(-n2ccnc2)c1[N+](=O)[O-]. The van der Waals surface area contributed by atoms with Crippen LogP contribution in [0.25, 0.3) is 5.82 Å². The summed E-state index contributed by atoms with van der Waals surface area (Å²) < 4.78 is 1.42. The molecule has 0 saturated carbocycles. The second-order valence-corrected chi connectivity index (χ2v) is 3.07. The van der Waals surface area contributed by atoms with Crippen LogP contribution in [0.3, 0.4) is 0 Å². The van der Waals surface area contributed by atoms with Crippen LogP contribution >= 0.6 is 0 Å². The highest BCUT2D eigenvalue weighted by Gasteiger charge is 2.22. The van der Waals surface area contributed by atoms with Gasteiger partial charge in [-0.3, -0.25) is 14.7 Å². The minimum Gasteiger partial charge on any atom is -0.368 e. The number of nitro groups is 1. The van der Waals surface area contributed by atoms with Gasteiger partial charge in [0.15, 0.2) is 0 Å². The summed E-state index contributed by atoms with van der Waals surface area (Å²) in [7, 11) is 0. The number of nitrogen functional groups attached to an aromatic ring is 1. The van der Waals surface area contributed by atoms with Gasteiger partial charge in [-0.2, -0.15) is 4.98 Å². The Hall–Kier alpha value is -2.51. The van der Waals surface area contributed by atoms with E-state index in [0.29, 0.717) is 0 Å². The van der Waals surface area contributed by atoms with Gasteiger partial charge in [0.2, 0.25) is 11.8 Å². The summed E-state index contributed by atoms with van der Waals surface area (Å²) in [5.41, 5.74) is 5.51. The molecular formula is C8H8N6O2. The quantitative estimate of drug-likeness (QED) is 0.581. The van der Waals surface area contributed by atoms with Gasteiger partial charge in [-0.05, 0) is 6.92 Å². The van der Waals surface area contributed by atoms with Crippen molar-refractivity contribution in [3.8, 4) is 5.82 Å². The van der Waals surface area contributed by atoms with Crippen molar-refractivity contribution in [2.45, 2.75) is 6.92 Å². The van der Waals surface area contributed by atoms with Crippen molar-refractivity contribution >= 4 is 11.6 Å². The molecule has 2 rings (SSSR count). The molecule has 0 spiro atoms. The van der Waals surface area contributed by atoms with Crippen LogP contribution in [0.15, 0.2) is 18.7 Å². The number of nitrogens with two attached hydrogens (primary N) is 1. The maximum Gasteiger partial charge on any atom is 0.333 e. The van der Waals surface area contributed by atoms with E-state index in [1.165, 1.54) is 24.0 Å². The maximum atomic E-state index is 10.9. The molecule has 0 bridgehead atoms. The van der Waals surface area contributed by atoms with E-state index in [-0.39, 0.29) is 23.1 Å². The average molecular weight is 220 g/mol. The molecule has 0 amide bonds. The topological polar surface area (TPSA) is 113 Å². The smallest absolute Gasteiger partial charge is 0.333 e. The molecule has 0 aliphatic rings. The number of anilines is 1. The van der Waals surface area contributed by atoms with Crippen LogP contribution in [0, 0.1) is 17.0 Å². The Kier molecular flexibility index (Phi) is 2.24. The fraction of sp³-hybridized carbons (Fsp3) is 0.125. The van der Waals surface area contributed by atoms with Crippen LogP contribution in [0.1, 0.15) is 5.69 Å². The normalized spacial score (nSPS) is 10.3. The van der Waals surface area contributed by atoms with Crippen LogP contribution in [-0.2, 0) is 0 Å². The molecule has 2 aromatic rings. The van der Waals surface area contributed by atoms with Gasteiger partial charge in [0.1, 0.15) is 12.0 Å². The zero-order chi connectivity index (χ0) is 11.7. The van der Waals surface area contributed by atoms with Crippen molar-refractivity contribution in [1.82, 2.24) is 19.5 Å². The minimum absolute atomic E-state index is 0.00759. The van der Waals surface area contributed by atoms with Gasteiger partial charge in [-0.15, -0.1) is 0 Å². The van der Waals surface area contributed by atoms with Gasteiger partial charge >= 0.3 is 5.69 Å². The second kappa shape index (κ2) is 3.57. The molecule has 8 nitrogen and oxygen atoms in total.